The molecule has 4 rings (SSSR count). The summed E-state index contributed by atoms with van der Waals surface area (Å²) in [4.78, 5) is 8.91. The lowest BCUT2D eigenvalue weighted by molar-refractivity contribution is 0.415. The Morgan fingerprint density at radius 1 is 0.913 bits per heavy atom. The minimum atomic E-state index is 0.816. The van der Waals surface area contributed by atoms with Gasteiger partial charge in [-0.2, -0.15) is 0 Å². The summed E-state index contributed by atoms with van der Waals surface area (Å²) in [5, 5.41) is 0. The van der Waals surface area contributed by atoms with Crippen molar-refractivity contribution in [2.24, 2.45) is 0 Å². The number of ether oxygens (including phenoxy) is 1. The van der Waals surface area contributed by atoms with Crippen molar-refractivity contribution in [2.75, 3.05) is 7.11 Å². The number of hydrogen-bond donors (Lipinski definition) is 0. The van der Waals surface area contributed by atoms with Crippen molar-refractivity contribution in [3.8, 4) is 22.8 Å². The molecule has 0 aliphatic heterocycles. The van der Waals surface area contributed by atoms with Gasteiger partial charge in [0, 0.05) is 29.7 Å². The maximum Gasteiger partial charge on any atom is 0.145 e. The Labute approximate surface area is 134 Å². The fourth-order valence-electron chi connectivity index (χ4n) is 2.72. The molecule has 2 aromatic heterocycles. The van der Waals surface area contributed by atoms with Gasteiger partial charge in [0.15, 0.2) is 0 Å². The summed E-state index contributed by atoms with van der Waals surface area (Å²) in [5.74, 6) is 1.71. The van der Waals surface area contributed by atoms with Crippen LogP contribution in [-0.2, 0) is 0 Å². The van der Waals surface area contributed by atoms with Crippen LogP contribution in [0.1, 0.15) is 0 Å². The molecule has 4 nitrogen and oxygen atoms in total. The second-order valence-corrected chi connectivity index (χ2v) is 5.20. The molecule has 0 fully saturated rings. The molecule has 2 heterocycles. The molecule has 0 saturated carbocycles. The van der Waals surface area contributed by atoms with Gasteiger partial charge in [0.05, 0.1) is 18.1 Å². The van der Waals surface area contributed by atoms with E-state index in [9.17, 15) is 0 Å². The Morgan fingerprint density at radius 2 is 1.70 bits per heavy atom. The average Bonchev–Trinajstić information content (AvgIpc) is 3.01. The molecule has 0 N–H and O–H groups in total. The molecule has 0 aliphatic rings. The van der Waals surface area contributed by atoms with Crippen molar-refractivity contribution in [3.05, 3.63) is 73.1 Å². The van der Waals surface area contributed by atoms with E-state index in [4.69, 9.17) is 9.72 Å². The predicted octanol–water partition coefficient (Wildman–Crippen LogP) is 4.10. The molecule has 4 heteroatoms. The third-order valence-electron chi connectivity index (χ3n) is 3.81. The molecule has 112 valence electrons. The molecule has 0 radical (unpaired) electrons. The molecule has 0 amide bonds. The number of rotatable bonds is 3. The van der Waals surface area contributed by atoms with Gasteiger partial charge < -0.3 is 4.74 Å². The van der Waals surface area contributed by atoms with Gasteiger partial charge in [-0.25, -0.2) is 4.98 Å². The number of aromatic nitrogens is 3. The van der Waals surface area contributed by atoms with Crippen LogP contribution >= 0.6 is 0 Å². The Kier molecular flexibility index (Phi) is 3.27. The zero-order valence-corrected chi connectivity index (χ0v) is 12.7. The lowest BCUT2D eigenvalue weighted by atomic mass is 10.2. The lowest BCUT2D eigenvalue weighted by Crippen LogP contribution is -1.97. The smallest absolute Gasteiger partial charge is 0.145 e. The molecule has 0 spiro atoms. The molecule has 0 atom stereocenters. The highest BCUT2D eigenvalue weighted by Crippen LogP contribution is 2.30. The number of nitrogens with zero attached hydrogens (tertiary/aromatic N) is 3. The normalized spacial score (nSPS) is 10.8. The first-order valence-corrected chi connectivity index (χ1v) is 7.39. The standard InChI is InChI=1S/C19H15N3O/c1-23-16-7-8-17-18(13-16)22(15-5-3-2-4-6-15)19(21-17)14-9-11-20-12-10-14/h2-13H,1H3. The van der Waals surface area contributed by atoms with Crippen molar-refractivity contribution in [2.45, 2.75) is 0 Å². The van der Waals surface area contributed by atoms with Crippen LogP contribution in [0.15, 0.2) is 73.1 Å². The van der Waals surface area contributed by atoms with E-state index in [1.165, 1.54) is 0 Å². The summed E-state index contributed by atoms with van der Waals surface area (Å²) in [7, 11) is 1.67. The van der Waals surface area contributed by atoms with Crippen LogP contribution in [0.3, 0.4) is 0 Å². The number of para-hydroxylation sites is 1. The largest absolute Gasteiger partial charge is 0.497 e. The Balaban J connectivity index is 2.06. The molecule has 23 heavy (non-hydrogen) atoms. The van der Waals surface area contributed by atoms with E-state index in [0.29, 0.717) is 0 Å². The number of pyridine rings is 1. The SMILES string of the molecule is COc1ccc2nc(-c3ccncc3)n(-c3ccccc3)c2c1. The van der Waals surface area contributed by atoms with Gasteiger partial charge in [0.25, 0.3) is 0 Å². The molecular weight excluding hydrogens is 286 g/mol. The Hall–Kier alpha value is -3.14. The maximum atomic E-state index is 5.38. The van der Waals surface area contributed by atoms with Gasteiger partial charge in [-0.3, -0.25) is 9.55 Å². The third-order valence-corrected chi connectivity index (χ3v) is 3.81. The van der Waals surface area contributed by atoms with Gasteiger partial charge in [-0.05, 0) is 36.4 Å². The van der Waals surface area contributed by atoms with Gasteiger partial charge in [-0.1, -0.05) is 18.2 Å². The molecule has 0 unspecified atom stereocenters. The van der Waals surface area contributed by atoms with Crippen molar-refractivity contribution in [1.82, 2.24) is 14.5 Å². The summed E-state index contributed by atoms with van der Waals surface area (Å²) in [6.07, 6.45) is 3.56. The quantitative estimate of drug-likeness (QED) is 0.572. The van der Waals surface area contributed by atoms with E-state index < -0.39 is 0 Å². The van der Waals surface area contributed by atoms with Crippen molar-refractivity contribution < 1.29 is 4.74 Å². The number of imidazole rings is 1. The van der Waals surface area contributed by atoms with Gasteiger partial charge in [-0.15, -0.1) is 0 Å². The number of hydrogen-bond acceptors (Lipinski definition) is 3. The van der Waals surface area contributed by atoms with Gasteiger partial charge in [0.1, 0.15) is 11.6 Å². The summed E-state index contributed by atoms with van der Waals surface area (Å²) in [6, 6.07) is 20.1. The van der Waals surface area contributed by atoms with E-state index in [-0.39, 0.29) is 0 Å². The van der Waals surface area contributed by atoms with E-state index >= 15 is 0 Å². The van der Waals surface area contributed by atoms with Crippen molar-refractivity contribution in [1.29, 1.82) is 0 Å². The third kappa shape index (κ3) is 2.34. The summed E-state index contributed by atoms with van der Waals surface area (Å²) >= 11 is 0. The molecule has 0 saturated heterocycles. The van der Waals surface area contributed by atoms with Crippen LogP contribution in [0.4, 0.5) is 0 Å². The maximum absolute atomic E-state index is 5.38. The first kappa shape index (κ1) is 13.5. The summed E-state index contributed by atoms with van der Waals surface area (Å²) in [5.41, 5.74) is 4.04. The fourth-order valence-corrected chi connectivity index (χ4v) is 2.72. The van der Waals surface area contributed by atoms with E-state index in [1.54, 1.807) is 19.5 Å². The van der Waals surface area contributed by atoms with Crippen LogP contribution in [0.2, 0.25) is 0 Å². The highest BCUT2D eigenvalue weighted by atomic mass is 16.5. The minimum Gasteiger partial charge on any atom is -0.497 e. The van der Waals surface area contributed by atoms with E-state index in [1.807, 2.05) is 48.5 Å². The second kappa shape index (κ2) is 5.57. The van der Waals surface area contributed by atoms with Crippen LogP contribution in [-0.4, -0.2) is 21.6 Å². The van der Waals surface area contributed by atoms with Crippen LogP contribution < -0.4 is 4.74 Å². The number of fused-ring (bicyclic) bond motifs is 1. The highest BCUT2D eigenvalue weighted by molar-refractivity contribution is 5.84. The molecule has 0 bridgehead atoms. The predicted molar refractivity (Wildman–Crippen MR) is 90.9 cm³/mol. The first-order valence-electron chi connectivity index (χ1n) is 7.39. The van der Waals surface area contributed by atoms with Crippen molar-refractivity contribution >= 4 is 11.0 Å². The minimum absolute atomic E-state index is 0.816. The Bertz CT molecular complexity index is 946. The number of methoxy groups -OCH3 is 1. The van der Waals surface area contributed by atoms with Crippen LogP contribution in [0, 0.1) is 0 Å². The highest BCUT2D eigenvalue weighted by Gasteiger charge is 2.14. The Morgan fingerprint density at radius 3 is 2.43 bits per heavy atom. The fraction of sp³-hybridized carbons (Fsp3) is 0.0526. The zero-order valence-electron chi connectivity index (χ0n) is 12.7. The summed E-state index contributed by atoms with van der Waals surface area (Å²) < 4.78 is 7.52. The molecule has 4 aromatic rings. The van der Waals surface area contributed by atoms with E-state index in [2.05, 4.69) is 21.7 Å². The number of benzene rings is 2. The average molecular weight is 301 g/mol. The molecular formula is C19H15N3O. The summed E-state index contributed by atoms with van der Waals surface area (Å²) in [6.45, 7) is 0. The topological polar surface area (TPSA) is 39.9 Å². The van der Waals surface area contributed by atoms with Gasteiger partial charge in [0.2, 0.25) is 0 Å². The lowest BCUT2D eigenvalue weighted by Gasteiger charge is -2.09. The van der Waals surface area contributed by atoms with Gasteiger partial charge >= 0.3 is 0 Å². The van der Waals surface area contributed by atoms with Crippen LogP contribution in [0.5, 0.6) is 5.75 Å². The second-order valence-electron chi connectivity index (χ2n) is 5.20. The van der Waals surface area contributed by atoms with Crippen molar-refractivity contribution in [3.63, 3.8) is 0 Å². The monoisotopic (exact) mass is 301 g/mol. The zero-order chi connectivity index (χ0) is 15.6. The first-order chi connectivity index (χ1) is 11.4. The molecule has 2 aromatic carbocycles. The van der Waals surface area contributed by atoms with E-state index in [0.717, 1.165) is 33.9 Å². The van der Waals surface area contributed by atoms with Crippen LogP contribution in [0.25, 0.3) is 28.1 Å². The molecule has 0 aliphatic carbocycles.